The van der Waals surface area contributed by atoms with Crippen molar-refractivity contribution in [2.45, 2.75) is 11.1 Å². The first-order valence-electron chi connectivity index (χ1n) is 9.54. The first kappa shape index (κ1) is 21.5. The van der Waals surface area contributed by atoms with Gasteiger partial charge in [0.1, 0.15) is 0 Å². The summed E-state index contributed by atoms with van der Waals surface area (Å²) >= 11 is 0. The monoisotopic (exact) mass is 372 g/mol. The Morgan fingerprint density at radius 1 is 0.769 bits per heavy atom. The zero-order valence-corrected chi connectivity index (χ0v) is 15.6. The lowest BCUT2D eigenvalue weighted by Gasteiger charge is -2.37. The van der Waals surface area contributed by atoms with Crippen molar-refractivity contribution in [2.24, 2.45) is 5.73 Å². The summed E-state index contributed by atoms with van der Waals surface area (Å²) in [5.41, 5.74) is 5.87. The normalized spacial score (nSPS) is 33.3. The van der Waals surface area contributed by atoms with E-state index >= 15 is 0 Å². The lowest BCUT2D eigenvalue weighted by Crippen LogP contribution is -2.66. The molecule has 0 aliphatic carbocycles. The molecule has 152 valence electrons. The number of hydrogen-bond donors (Lipinski definition) is 9. The second kappa shape index (κ2) is 11.1. The molecule has 0 saturated carbocycles. The van der Waals surface area contributed by atoms with Gasteiger partial charge in [0.25, 0.3) is 0 Å². The fourth-order valence-electron chi connectivity index (χ4n) is 3.35. The molecular weight excluding hydrogens is 336 g/mol. The predicted octanol–water partition coefficient (Wildman–Crippen LogP) is -4.34. The van der Waals surface area contributed by atoms with E-state index in [1.807, 2.05) is 0 Å². The van der Waals surface area contributed by atoms with Crippen molar-refractivity contribution in [1.29, 1.82) is 0 Å². The predicted molar refractivity (Wildman–Crippen MR) is 103 cm³/mol. The van der Waals surface area contributed by atoms with Crippen LogP contribution in [0.25, 0.3) is 0 Å². The number of nitrogens with one attached hydrogen (secondary N) is 7. The molecule has 0 amide bonds. The van der Waals surface area contributed by atoms with Crippen LogP contribution in [0.15, 0.2) is 0 Å². The maximum Gasteiger partial charge on any atom is 0.317 e. The third kappa shape index (κ3) is 7.80. The van der Waals surface area contributed by atoms with Crippen LogP contribution in [0.2, 0.25) is 0 Å². The minimum absolute atomic E-state index is 0.0600. The fourth-order valence-corrected chi connectivity index (χ4v) is 3.35. The molecule has 3 saturated heterocycles. The second-order valence-corrected chi connectivity index (χ2v) is 7.45. The van der Waals surface area contributed by atoms with Crippen LogP contribution in [0.3, 0.4) is 0 Å². The third-order valence-corrected chi connectivity index (χ3v) is 4.87. The molecule has 0 aromatic carbocycles. The average molecular weight is 373 g/mol. The number of carbonyl (C=O) groups is 1. The number of hydrogen-bond acceptors (Lipinski definition) is 9. The number of rotatable bonds is 3. The van der Waals surface area contributed by atoms with Crippen molar-refractivity contribution < 1.29 is 9.90 Å². The Labute approximate surface area is 155 Å². The van der Waals surface area contributed by atoms with Crippen molar-refractivity contribution in [3.8, 4) is 0 Å². The highest BCUT2D eigenvalue weighted by atomic mass is 16.4. The van der Waals surface area contributed by atoms with Gasteiger partial charge in [-0.1, -0.05) is 0 Å². The van der Waals surface area contributed by atoms with Gasteiger partial charge in [-0.3, -0.25) is 10.1 Å². The Hall–Kier alpha value is -0.850. The van der Waals surface area contributed by atoms with E-state index in [1.165, 1.54) is 0 Å². The first-order chi connectivity index (χ1) is 12.5. The van der Waals surface area contributed by atoms with Crippen molar-refractivity contribution in [3.05, 3.63) is 0 Å². The zero-order chi connectivity index (χ0) is 18.7. The van der Waals surface area contributed by atoms with Crippen molar-refractivity contribution in [1.82, 2.24) is 37.2 Å². The van der Waals surface area contributed by atoms with Crippen LogP contribution in [0.4, 0.5) is 0 Å². The van der Waals surface area contributed by atoms with Crippen molar-refractivity contribution in [3.63, 3.8) is 0 Å². The van der Waals surface area contributed by atoms with Crippen LogP contribution in [-0.4, -0.2) is 107 Å². The summed E-state index contributed by atoms with van der Waals surface area (Å²) in [6.07, 6.45) is 0. The molecule has 3 aliphatic rings. The van der Waals surface area contributed by atoms with E-state index in [-0.39, 0.29) is 17.6 Å². The molecule has 3 rings (SSSR count). The Morgan fingerprint density at radius 3 is 1.46 bits per heavy atom. The smallest absolute Gasteiger partial charge is 0.317 e. The van der Waals surface area contributed by atoms with Gasteiger partial charge < -0.3 is 42.7 Å². The van der Waals surface area contributed by atoms with Gasteiger partial charge in [0.15, 0.2) is 0 Å². The number of aliphatic carboxylic acids is 1. The molecule has 0 aromatic rings. The summed E-state index contributed by atoms with van der Waals surface area (Å²) in [6, 6.07) is 0. The maximum absolute atomic E-state index is 11.1. The van der Waals surface area contributed by atoms with Gasteiger partial charge >= 0.3 is 5.97 Å². The molecule has 26 heavy (non-hydrogen) atoms. The molecule has 3 aliphatic heterocycles. The first-order valence-corrected chi connectivity index (χ1v) is 9.54. The van der Waals surface area contributed by atoms with E-state index in [2.05, 4.69) is 37.2 Å². The summed E-state index contributed by atoms with van der Waals surface area (Å²) in [4.78, 5) is 11.1. The van der Waals surface area contributed by atoms with Gasteiger partial charge in [-0.15, -0.1) is 0 Å². The van der Waals surface area contributed by atoms with Gasteiger partial charge in [0, 0.05) is 78.5 Å². The second-order valence-electron chi connectivity index (χ2n) is 7.45. The Kier molecular flexibility index (Phi) is 9.16. The molecule has 0 aromatic heterocycles. The molecule has 0 unspecified atom stereocenters. The van der Waals surface area contributed by atoms with E-state index in [9.17, 15) is 4.79 Å². The highest BCUT2D eigenvalue weighted by Gasteiger charge is 2.30. The SMILES string of the molecule is NC12CNCCNCC(NCC(=O)O)(CNCCNC1)CNCCNC2. The fraction of sp³-hybridized carbons (Fsp3) is 0.938. The van der Waals surface area contributed by atoms with Crippen LogP contribution in [0.1, 0.15) is 0 Å². The summed E-state index contributed by atoms with van der Waals surface area (Å²) in [5, 5.41) is 33.0. The Bertz CT molecular complexity index is 380. The van der Waals surface area contributed by atoms with E-state index in [0.717, 1.165) is 58.9 Å². The zero-order valence-electron chi connectivity index (χ0n) is 15.6. The molecule has 0 atom stereocenters. The lowest BCUT2D eigenvalue weighted by molar-refractivity contribution is -0.136. The highest BCUT2D eigenvalue weighted by Crippen LogP contribution is 2.03. The number of carboxylic acids is 1. The molecule has 10 heteroatoms. The van der Waals surface area contributed by atoms with Crippen LogP contribution >= 0.6 is 0 Å². The quantitative estimate of drug-likeness (QED) is 0.238. The maximum atomic E-state index is 11.1. The number of carboxylic acid groups (broad SMARTS) is 1. The molecule has 0 radical (unpaired) electrons. The standard InChI is InChI=1S/C16H36N8O2/c17-15-8-18-1-4-21-11-16(24-7-14(25)26,12-22-5-2-19-9-15)13-23-6-3-20-10-15/h18-24H,1-13,17H2,(H,25,26). The minimum Gasteiger partial charge on any atom is -0.480 e. The summed E-state index contributed by atoms with van der Waals surface area (Å²) in [5.74, 6) is -0.845. The van der Waals surface area contributed by atoms with Gasteiger partial charge in [-0.05, 0) is 0 Å². The molecule has 10 N–H and O–H groups in total. The van der Waals surface area contributed by atoms with Crippen molar-refractivity contribution in [2.75, 3.05) is 85.1 Å². The third-order valence-electron chi connectivity index (χ3n) is 4.87. The minimum atomic E-state index is -0.845. The summed E-state index contributed by atoms with van der Waals surface area (Å²) in [7, 11) is 0. The Morgan fingerprint density at radius 2 is 1.12 bits per heavy atom. The molecule has 2 bridgehead atoms. The summed E-state index contributed by atoms with van der Waals surface area (Å²) < 4.78 is 0. The molecule has 0 spiro atoms. The molecule has 3 fully saturated rings. The average Bonchev–Trinajstić information content (AvgIpc) is 2.61. The van der Waals surface area contributed by atoms with E-state index in [0.29, 0.717) is 19.6 Å². The van der Waals surface area contributed by atoms with Gasteiger partial charge in [-0.2, -0.15) is 0 Å². The summed E-state index contributed by atoms with van der Waals surface area (Å²) in [6.45, 7) is 9.01. The highest BCUT2D eigenvalue weighted by molar-refractivity contribution is 5.69. The van der Waals surface area contributed by atoms with Crippen LogP contribution < -0.4 is 43.0 Å². The molecule has 10 nitrogen and oxygen atoms in total. The van der Waals surface area contributed by atoms with Crippen LogP contribution in [0.5, 0.6) is 0 Å². The molecule has 3 heterocycles. The van der Waals surface area contributed by atoms with Gasteiger partial charge in [0.2, 0.25) is 0 Å². The molecular formula is C16H36N8O2. The topological polar surface area (TPSA) is 148 Å². The van der Waals surface area contributed by atoms with E-state index < -0.39 is 5.97 Å². The lowest BCUT2D eigenvalue weighted by atomic mass is 9.98. The van der Waals surface area contributed by atoms with E-state index in [1.54, 1.807) is 0 Å². The van der Waals surface area contributed by atoms with Crippen LogP contribution in [-0.2, 0) is 4.79 Å². The van der Waals surface area contributed by atoms with Crippen molar-refractivity contribution >= 4 is 5.97 Å². The van der Waals surface area contributed by atoms with Gasteiger partial charge in [0.05, 0.1) is 17.6 Å². The largest absolute Gasteiger partial charge is 0.480 e. The Balaban J connectivity index is 2.10. The van der Waals surface area contributed by atoms with E-state index in [4.69, 9.17) is 10.8 Å². The number of fused-ring (bicyclic) bond motifs is 15. The van der Waals surface area contributed by atoms with Crippen LogP contribution in [0, 0.1) is 0 Å². The van der Waals surface area contributed by atoms with Gasteiger partial charge in [-0.25, -0.2) is 0 Å². The number of nitrogens with two attached hydrogens (primary N) is 1.